The minimum absolute atomic E-state index is 0. The minimum Gasteiger partial charge on any atom is -0.592 e. The van der Waals surface area contributed by atoms with E-state index < -0.39 is 0 Å². The van der Waals surface area contributed by atoms with E-state index in [1.54, 1.807) is 72.8 Å². The molecule has 0 unspecified atom stereocenters. The molecule has 0 aliphatic carbocycles. The first-order valence-corrected chi connectivity index (χ1v) is 14.4. The van der Waals surface area contributed by atoms with Crippen LogP contribution in [-0.4, -0.2) is 44.0 Å². The van der Waals surface area contributed by atoms with Gasteiger partial charge in [-0.3, -0.25) is 9.59 Å². The van der Waals surface area contributed by atoms with E-state index in [1.165, 1.54) is 12.4 Å². The van der Waals surface area contributed by atoms with E-state index in [-0.39, 0.29) is 28.9 Å². The Morgan fingerprint density at radius 1 is 0.610 bits per heavy atom. The van der Waals surface area contributed by atoms with Gasteiger partial charge >= 0.3 is 17.1 Å². The van der Waals surface area contributed by atoms with Gasteiger partial charge in [0.1, 0.15) is 8.95 Å². The Labute approximate surface area is 280 Å². The van der Waals surface area contributed by atoms with Gasteiger partial charge in [0, 0.05) is 21.4 Å². The summed E-state index contributed by atoms with van der Waals surface area (Å²) in [7, 11) is 0. The number of hydrogen-bond acceptors (Lipinski definition) is 2. The molecule has 0 atom stereocenters. The average Bonchev–Trinajstić information content (AvgIpc) is 2.95. The van der Waals surface area contributed by atoms with Crippen molar-refractivity contribution in [2.45, 2.75) is 0 Å². The quantitative estimate of drug-likeness (QED) is 0.0808. The third-order valence-corrected chi connectivity index (χ3v) is 7.10. The molecule has 4 aromatic rings. The number of nitrogens with zero attached hydrogens (tertiary/aromatic N) is 4. The van der Waals surface area contributed by atoms with Crippen LogP contribution in [0, 0.1) is 0 Å². The summed E-state index contributed by atoms with van der Waals surface area (Å²) in [6.45, 7) is 0. The Balaban J connectivity index is 0.000000280. The van der Waals surface area contributed by atoms with Gasteiger partial charge in [0.05, 0.1) is 22.3 Å². The van der Waals surface area contributed by atoms with Crippen molar-refractivity contribution in [1.82, 2.24) is 0 Å². The van der Waals surface area contributed by atoms with Gasteiger partial charge in [-0.1, -0.05) is 68.3 Å². The first-order chi connectivity index (χ1) is 19.2. The van der Waals surface area contributed by atoms with E-state index in [4.69, 9.17) is 10.2 Å². The number of halogens is 4. The van der Waals surface area contributed by atoms with Crippen LogP contribution in [0.15, 0.2) is 113 Å². The maximum atomic E-state index is 9.75. The average molecular weight is 853 g/mol. The Kier molecular flexibility index (Phi) is 14.5. The summed E-state index contributed by atoms with van der Waals surface area (Å²) in [5.41, 5.74) is 9.80. The Morgan fingerprint density at radius 3 is 1.29 bits per heavy atom. The summed E-state index contributed by atoms with van der Waals surface area (Å²) in [6, 6.07) is 24.9. The van der Waals surface area contributed by atoms with E-state index in [2.05, 4.69) is 84.8 Å². The molecule has 0 bridgehead atoms. The molecule has 0 heterocycles. The van der Waals surface area contributed by atoms with Crippen LogP contribution in [0.1, 0.15) is 22.3 Å². The molecule has 0 fully saturated rings. The van der Waals surface area contributed by atoms with Crippen molar-refractivity contribution in [2.75, 3.05) is 0 Å². The molecule has 13 heteroatoms. The van der Waals surface area contributed by atoms with Crippen molar-refractivity contribution < 1.29 is 36.9 Å². The summed E-state index contributed by atoms with van der Waals surface area (Å²) in [5.74, 6) is 0.294. The van der Waals surface area contributed by atoms with E-state index in [0.717, 1.165) is 8.95 Å². The second-order valence-electron chi connectivity index (χ2n) is 7.77. The van der Waals surface area contributed by atoms with Gasteiger partial charge in [-0.25, -0.2) is 0 Å². The van der Waals surface area contributed by atoms with Crippen LogP contribution in [0.5, 0.6) is 11.5 Å². The van der Waals surface area contributed by atoms with Crippen molar-refractivity contribution in [3.8, 4) is 11.5 Å². The first kappa shape index (κ1) is 34.4. The predicted octanol–water partition coefficient (Wildman–Crippen LogP) is 7.81. The van der Waals surface area contributed by atoms with Crippen LogP contribution in [0.25, 0.3) is 10.9 Å². The minimum atomic E-state index is -0.164. The number of amides is 2. The number of benzene rings is 4. The topological polar surface area (TPSA) is 142 Å². The van der Waals surface area contributed by atoms with Crippen molar-refractivity contribution in [1.29, 1.82) is 0 Å². The second kappa shape index (κ2) is 17.2. The normalized spacial score (nSPS) is 10.4. The number of rotatable bonds is 6. The summed E-state index contributed by atoms with van der Waals surface area (Å²) in [5, 5.41) is 23.4. The largest absolute Gasteiger partial charge is 2.00 e. The van der Waals surface area contributed by atoms with Crippen LogP contribution in [-0.2, 0) is 17.1 Å². The van der Waals surface area contributed by atoms with E-state index in [0.29, 0.717) is 42.7 Å². The van der Waals surface area contributed by atoms with Crippen molar-refractivity contribution in [2.24, 2.45) is 10.2 Å². The van der Waals surface area contributed by atoms with Crippen LogP contribution >= 0.6 is 63.7 Å². The zero-order valence-corrected chi connectivity index (χ0v) is 28.3. The fourth-order valence-corrected chi connectivity index (χ4v) is 5.49. The van der Waals surface area contributed by atoms with E-state index in [9.17, 15) is 9.59 Å². The smallest absolute Gasteiger partial charge is 0.592 e. The van der Waals surface area contributed by atoms with Crippen LogP contribution < -0.4 is 0 Å². The van der Waals surface area contributed by atoms with Gasteiger partial charge < -0.3 is 31.3 Å². The van der Waals surface area contributed by atoms with Crippen molar-refractivity contribution in [3.63, 3.8) is 0 Å². The fourth-order valence-electron chi connectivity index (χ4n) is 2.97. The zero-order valence-electron chi connectivity index (χ0n) is 20.8. The van der Waals surface area contributed by atoms with Gasteiger partial charge in [-0.15, -0.1) is 0 Å². The molecule has 4 rings (SSSR count). The monoisotopic (exact) mass is 849 g/mol. The molecule has 0 aliphatic rings. The molecular formula is C28H22Br4MnN4O4+4. The van der Waals surface area contributed by atoms with Crippen LogP contribution in [0.3, 0.4) is 0 Å². The molecule has 6 N–H and O–H groups in total. The van der Waals surface area contributed by atoms with Gasteiger partial charge in [0.15, 0.2) is 0 Å². The molecule has 4 aromatic carbocycles. The molecule has 209 valence electrons. The molecule has 0 aromatic heterocycles. The fraction of sp³-hybridized carbons (Fsp3) is 0. The molecule has 0 saturated carbocycles. The second-order valence-corrected chi connectivity index (χ2v) is 11.3. The number of hydrogen-bond donors (Lipinski definition) is 0. The molecule has 0 saturated heterocycles. The zero-order chi connectivity index (χ0) is 29.1. The van der Waals surface area contributed by atoms with Gasteiger partial charge in [0.25, 0.3) is 23.3 Å². The summed E-state index contributed by atoms with van der Waals surface area (Å²) in [4.78, 5) is 19.5. The maximum absolute atomic E-state index is 9.75. The molecule has 41 heavy (non-hydrogen) atoms. The summed E-state index contributed by atoms with van der Waals surface area (Å²) < 4.78 is 2.98. The third-order valence-electron chi connectivity index (χ3n) is 4.93. The third kappa shape index (κ3) is 10.8. The SMILES string of the molecule is [Mn+2].[OH+]=C([N-]N=Cc1cc(Br)cc(Br)c1[OH2+])c1ccccc1.[OH+]=C([N-]N=Cc1cc(Br)cc(Br)c1[OH2+])c1ccccc1. The summed E-state index contributed by atoms with van der Waals surface area (Å²) >= 11 is 13.3. The van der Waals surface area contributed by atoms with Crippen molar-refractivity contribution >= 4 is 88.0 Å². The van der Waals surface area contributed by atoms with Crippen LogP contribution in [0.4, 0.5) is 0 Å². The van der Waals surface area contributed by atoms with E-state index in [1.807, 2.05) is 12.1 Å². The maximum Gasteiger partial charge on any atom is 2.00 e. The molecule has 0 spiro atoms. The molecular weight excluding hydrogens is 831 g/mol. The standard InChI is InChI=1S/2C14H10Br2N2O2.Mn/c2*15-11-6-10(13(19)12(16)7-11)8-17-18-14(20)9-4-2-1-3-5-9;/h2*1-8H,(H2,17,18,19,20);/q;;+2/p+2. The van der Waals surface area contributed by atoms with E-state index >= 15 is 0 Å². The Hall–Kier alpha value is -2.80. The Bertz CT molecular complexity index is 1440. The molecule has 1 radical (unpaired) electrons. The molecule has 8 nitrogen and oxygen atoms in total. The summed E-state index contributed by atoms with van der Waals surface area (Å²) in [6.07, 6.45) is 2.86. The van der Waals surface area contributed by atoms with Crippen LogP contribution in [0.2, 0.25) is 0 Å². The Morgan fingerprint density at radius 2 is 0.951 bits per heavy atom. The predicted molar refractivity (Wildman–Crippen MR) is 177 cm³/mol. The molecule has 2 amide bonds. The van der Waals surface area contributed by atoms with Crippen molar-refractivity contribution in [3.05, 3.63) is 136 Å². The first-order valence-electron chi connectivity index (χ1n) is 11.3. The van der Waals surface area contributed by atoms with Gasteiger partial charge in [0.2, 0.25) is 0 Å². The number of carbonyl (C=O) groups excluding carboxylic acids is 2. The molecule has 0 aliphatic heterocycles. The van der Waals surface area contributed by atoms with Gasteiger partial charge in [-0.05, 0) is 80.4 Å². The van der Waals surface area contributed by atoms with Gasteiger partial charge in [-0.2, -0.15) is 0 Å².